The van der Waals surface area contributed by atoms with Crippen molar-refractivity contribution in [3.05, 3.63) is 39.4 Å². The number of carbonyl (C=O) groups is 2. The number of nitrogens with zero attached hydrogens (tertiary/aromatic N) is 2. The first-order valence-corrected chi connectivity index (χ1v) is 9.53. The molecule has 9 nitrogen and oxygen atoms in total. The Kier molecular flexibility index (Phi) is 5.36. The standard InChI is InChI=1S/C16H20N2O7S/c1-16(2)4-5-17(6-7-26(16,23)24)14(19)11-8-12(15(20)25-3)10-13(9-11)18(21)22/h8-10H,4-7H2,1-3H3. The molecule has 10 heteroatoms. The Hall–Kier alpha value is -2.49. The SMILES string of the molecule is COC(=O)c1cc(C(=O)N2CCC(C)(C)S(=O)(=O)CC2)cc([N+](=O)[O-])c1. The molecule has 1 aromatic carbocycles. The summed E-state index contributed by atoms with van der Waals surface area (Å²) in [4.78, 5) is 36.2. The van der Waals surface area contributed by atoms with E-state index in [1.807, 2.05) is 0 Å². The van der Waals surface area contributed by atoms with Crippen molar-refractivity contribution in [1.82, 2.24) is 4.90 Å². The molecule has 1 aliphatic rings. The van der Waals surface area contributed by atoms with Gasteiger partial charge in [-0.2, -0.15) is 0 Å². The molecular weight excluding hydrogens is 364 g/mol. The first kappa shape index (κ1) is 19.8. The molecule has 0 saturated carbocycles. The number of sulfone groups is 1. The van der Waals surface area contributed by atoms with Crippen LogP contribution in [-0.4, -0.2) is 60.8 Å². The van der Waals surface area contributed by atoms with Crippen LogP contribution in [0.15, 0.2) is 18.2 Å². The average molecular weight is 384 g/mol. The lowest BCUT2D eigenvalue weighted by Crippen LogP contribution is -2.33. The number of non-ortho nitro benzene ring substituents is 1. The lowest BCUT2D eigenvalue weighted by molar-refractivity contribution is -0.384. The van der Waals surface area contributed by atoms with E-state index >= 15 is 0 Å². The molecule has 0 aromatic heterocycles. The number of ether oxygens (including phenoxy) is 1. The molecule has 1 saturated heterocycles. The molecule has 2 rings (SSSR count). The zero-order chi connectivity index (χ0) is 19.7. The number of benzene rings is 1. The van der Waals surface area contributed by atoms with Gasteiger partial charge in [-0.15, -0.1) is 0 Å². The van der Waals surface area contributed by atoms with Crippen LogP contribution in [0, 0.1) is 10.1 Å². The second kappa shape index (κ2) is 7.02. The van der Waals surface area contributed by atoms with Gasteiger partial charge in [0.2, 0.25) is 0 Å². The van der Waals surface area contributed by atoms with Crippen molar-refractivity contribution in [3.63, 3.8) is 0 Å². The van der Waals surface area contributed by atoms with E-state index < -0.39 is 37.1 Å². The molecule has 26 heavy (non-hydrogen) atoms. The second-order valence-corrected chi connectivity index (χ2v) is 9.38. The molecule has 1 heterocycles. The summed E-state index contributed by atoms with van der Waals surface area (Å²) in [5, 5.41) is 11.1. The third-order valence-electron chi connectivity index (χ3n) is 4.54. The summed E-state index contributed by atoms with van der Waals surface area (Å²) in [6, 6.07) is 3.31. The molecule has 1 fully saturated rings. The summed E-state index contributed by atoms with van der Waals surface area (Å²) >= 11 is 0. The van der Waals surface area contributed by atoms with E-state index in [0.717, 1.165) is 19.2 Å². The Morgan fingerprint density at radius 2 is 1.81 bits per heavy atom. The molecule has 0 bridgehead atoms. The van der Waals surface area contributed by atoms with Crippen LogP contribution in [0.4, 0.5) is 5.69 Å². The van der Waals surface area contributed by atoms with Crippen molar-refractivity contribution in [1.29, 1.82) is 0 Å². The van der Waals surface area contributed by atoms with Crippen LogP contribution in [0.25, 0.3) is 0 Å². The summed E-state index contributed by atoms with van der Waals surface area (Å²) in [5.41, 5.74) is -0.594. The Labute approximate surface area is 151 Å². The van der Waals surface area contributed by atoms with Crippen LogP contribution < -0.4 is 0 Å². The Bertz CT molecular complexity index is 861. The molecular formula is C16H20N2O7S. The number of hydrogen-bond acceptors (Lipinski definition) is 7. The van der Waals surface area contributed by atoms with Crippen molar-refractivity contribution < 1.29 is 27.7 Å². The highest BCUT2D eigenvalue weighted by atomic mass is 32.2. The highest BCUT2D eigenvalue weighted by Gasteiger charge is 2.38. The number of carbonyl (C=O) groups excluding carboxylic acids is 2. The number of nitro benzene ring substituents is 1. The number of amides is 1. The van der Waals surface area contributed by atoms with E-state index in [9.17, 15) is 28.1 Å². The average Bonchev–Trinajstić information content (AvgIpc) is 2.69. The van der Waals surface area contributed by atoms with Gasteiger partial charge in [0.15, 0.2) is 9.84 Å². The molecule has 0 N–H and O–H groups in total. The van der Waals surface area contributed by atoms with E-state index in [1.54, 1.807) is 13.8 Å². The fraction of sp³-hybridized carbons (Fsp3) is 0.500. The van der Waals surface area contributed by atoms with E-state index in [-0.39, 0.29) is 36.4 Å². The fourth-order valence-corrected chi connectivity index (χ4v) is 4.06. The van der Waals surface area contributed by atoms with Crippen LogP contribution in [-0.2, 0) is 14.6 Å². The van der Waals surface area contributed by atoms with Gasteiger partial charge >= 0.3 is 5.97 Å². The highest BCUT2D eigenvalue weighted by molar-refractivity contribution is 7.92. The smallest absolute Gasteiger partial charge is 0.338 e. The van der Waals surface area contributed by atoms with Crippen molar-refractivity contribution >= 4 is 27.4 Å². The van der Waals surface area contributed by atoms with Crippen molar-refractivity contribution in [2.75, 3.05) is 26.0 Å². The van der Waals surface area contributed by atoms with Gasteiger partial charge < -0.3 is 9.64 Å². The summed E-state index contributed by atoms with van der Waals surface area (Å²) in [6.07, 6.45) is 0.250. The van der Waals surface area contributed by atoms with Gasteiger partial charge in [-0.05, 0) is 26.3 Å². The molecule has 142 valence electrons. The first-order chi connectivity index (χ1) is 12.0. The maximum absolute atomic E-state index is 12.8. The topological polar surface area (TPSA) is 124 Å². The number of esters is 1. The van der Waals surface area contributed by atoms with Gasteiger partial charge in [-0.1, -0.05) is 0 Å². The Balaban J connectivity index is 2.38. The Morgan fingerprint density at radius 3 is 2.38 bits per heavy atom. The minimum absolute atomic E-state index is 0.0130. The summed E-state index contributed by atoms with van der Waals surface area (Å²) in [6.45, 7) is 3.40. The predicted octanol–water partition coefficient (Wildman–Crippen LogP) is 1.42. The van der Waals surface area contributed by atoms with Gasteiger partial charge in [0.1, 0.15) is 0 Å². The maximum Gasteiger partial charge on any atom is 0.338 e. The van der Waals surface area contributed by atoms with Crippen molar-refractivity contribution in [2.45, 2.75) is 25.0 Å². The first-order valence-electron chi connectivity index (χ1n) is 7.88. The van der Waals surface area contributed by atoms with Crippen LogP contribution in [0.2, 0.25) is 0 Å². The van der Waals surface area contributed by atoms with Gasteiger partial charge in [-0.25, -0.2) is 13.2 Å². The predicted molar refractivity (Wildman–Crippen MR) is 92.8 cm³/mol. The van der Waals surface area contributed by atoms with E-state index in [1.165, 1.54) is 11.0 Å². The van der Waals surface area contributed by atoms with Crippen LogP contribution in [0.1, 0.15) is 41.0 Å². The lowest BCUT2D eigenvalue weighted by atomic mass is 10.1. The molecule has 0 unspecified atom stereocenters. The normalized spacial score (nSPS) is 18.7. The molecule has 1 aliphatic heterocycles. The number of methoxy groups -OCH3 is 1. The quantitative estimate of drug-likeness (QED) is 0.438. The fourth-order valence-electron chi connectivity index (χ4n) is 2.64. The number of hydrogen-bond donors (Lipinski definition) is 0. The number of rotatable bonds is 3. The molecule has 0 aliphatic carbocycles. The van der Waals surface area contributed by atoms with Crippen LogP contribution in [0.3, 0.4) is 0 Å². The van der Waals surface area contributed by atoms with Crippen LogP contribution in [0.5, 0.6) is 0 Å². The van der Waals surface area contributed by atoms with Gasteiger partial charge in [0, 0.05) is 30.8 Å². The third-order valence-corrected chi connectivity index (χ3v) is 7.15. The van der Waals surface area contributed by atoms with Gasteiger partial charge in [0.25, 0.3) is 11.6 Å². The van der Waals surface area contributed by atoms with Crippen molar-refractivity contribution in [3.8, 4) is 0 Å². The molecule has 0 atom stereocenters. The lowest BCUT2D eigenvalue weighted by Gasteiger charge is -2.22. The molecule has 0 radical (unpaired) electrons. The van der Waals surface area contributed by atoms with Gasteiger partial charge in [0.05, 0.1) is 28.1 Å². The summed E-state index contributed by atoms with van der Waals surface area (Å²) < 4.78 is 28.1. The summed E-state index contributed by atoms with van der Waals surface area (Å²) in [5.74, 6) is -1.56. The van der Waals surface area contributed by atoms with E-state index in [4.69, 9.17) is 0 Å². The van der Waals surface area contributed by atoms with Crippen molar-refractivity contribution in [2.24, 2.45) is 0 Å². The number of nitro groups is 1. The maximum atomic E-state index is 12.8. The van der Waals surface area contributed by atoms with Crippen LogP contribution >= 0.6 is 0 Å². The Morgan fingerprint density at radius 1 is 1.19 bits per heavy atom. The van der Waals surface area contributed by atoms with E-state index in [2.05, 4.69) is 4.74 Å². The minimum atomic E-state index is -3.37. The van der Waals surface area contributed by atoms with E-state index in [0.29, 0.717) is 0 Å². The summed E-state index contributed by atoms with van der Waals surface area (Å²) in [7, 11) is -2.24. The molecule has 1 aromatic rings. The second-order valence-electron chi connectivity index (χ2n) is 6.64. The minimum Gasteiger partial charge on any atom is -0.465 e. The zero-order valence-electron chi connectivity index (χ0n) is 14.7. The zero-order valence-corrected chi connectivity index (χ0v) is 15.5. The third kappa shape index (κ3) is 3.85. The molecule has 0 spiro atoms. The monoisotopic (exact) mass is 384 g/mol. The molecule has 1 amide bonds. The highest BCUT2D eigenvalue weighted by Crippen LogP contribution is 2.26. The van der Waals surface area contributed by atoms with Gasteiger partial charge in [-0.3, -0.25) is 14.9 Å². The largest absolute Gasteiger partial charge is 0.465 e.